The maximum Gasteiger partial charge on any atom is 0.251 e. The number of hydrogen-bond donors (Lipinski definition) is 1. The van der Waals surface area contributed by atoms with Crippen LogP contribution in [0.25, 0.3) is 0 Å². The molecule has 2 nitrogen and oxygen atoms in total. The summed E-state index contributed by atoms with van der Waals surface area (Å²) in [6.45, 7) is 6.19. The van der Waals surface area contributed by atoms with Gasteiger partial charge in [-0.3, -0.25) is 4.79 Å². The minimum atomic E-state index is -0.0491. The number of nitrogens with one attached hydrogen (secondary N) is 1. The van der Waals surface area contributed by atoms with Gasteiger partial charge in [0.15, 0.2) is 0 Å². The van der Waals surface area contributed by atoms with Crippen molar-refractivity contribution in [3.8, 4) is 0 Å². The Bertz CT molecular complexity index is 359. The summed E-state index contributed by atoms with van der Waals surface area (Å²) in [4.78, 5) is 11.9. The average molecular weight is 254 g/mol. The van der Waals surface area contributed by atoms with Crippen LogP contribution in [0.2, 0.25) is 0 Å². The largest absolute Gasteiger partial charge is 0.348 e. The van der Waals surface area contributed by atoms with Gasteiger partial charge in [-0.1, -0.05) is 32.9 Å². The molecule has 0 fully saturated rings. The summed E-state index contributed by atoms with van der Waals surface area (Å²) in [6, 6.07) is 7.72. The zero-order valence-corrected chi connectivity index (χ0v) is 11.4. The highest BCUT2D eigenvalue weighted by atomic mass is 35.5. The molecule has 0 aliphatic heterocycles. The molecular weight excluding hydrogens is 234 g/mol. The molecule has 0 spiro atoms. The highest BCUT2D eigenvalue weighted by molar-refractivity contribution is 6.18. The van der Waals surface area contributed by atoms with Gasteiger partial charge < -0.3 is 5.32 Å². The molecule has 0 saturated heterocycles. The number of hydrogen-bond acceptors (Lipinski definition) is 1. The lowest BCUT2D eigenvalue weighted by molar-refractivity contribution is 0.0931. The third-order valence-electron chi connectivity index (χ3n) is 2.91. The van der Waals surface area contributed by atoms with Crippen LogP contribution < -0.4 is 5.32 Å². The van der Waals surface area contributed by atoms with Crippen LogP contribution in [-0.4, -0.2) is 17.8 Å². The minimum Gasteiger partial charge on any atom is -0.348 e. The zero-order chi connectivity index (χ0) is 12.8. The van der Waals surface area contributed by atoms with Gasteiger partial charge in [-0.25, -0.2) is 0 Å². The first-order valence-electron chi connectivity index (χ1n) is 6.04. The average Bonchev–Trinajstić information content (AvgIpc) is 2.35. The van der Waals surface area contributed by atoms with E-state index in [-0.39, 0.29) is 11.9 Å². The molecule has 0 aliphatic rings. The Morgan fingerprint density at radius 2 is 1.88 bits per heavy atom. The van der Waals surface area contributed by atoms with Crippen molar-refractivity contribution >= 4 is 17.5 Å². The maximum absolute atomic E-state index is 11.9. The standard InChI is InChI=1S/C14H20ClNO/c1-4-11-5-7-12(8-6-11)14(17)16-13(9-15)10(2)3/h5-8,10,13H,4,9H2,1-3H3,(H,16,17). The fourth-order valence-electron chi connectivity index (χ4n) is 1.53. The van der Waals surface area contributed by atoms with E-state index in [2.05, 4.69) is 12.2 Å². The van der Waals surface area contributed by atoms with Crippen LogP contribution in [0.4, 0.5) is 0 Å². The van der Waals surface area contributed by atoms with Gasteiger partial charge in [0, 0.05) is 17.5 Å². The predicted molar refractivity (Wildman–Crippen MR) is 72.6 cm³/mol. The van der Waals surface area contributed by atoms with Gasteiger partial charge >= 0.3 is 0 Å². The van der Waals surface area contributed by atoms with Crippen LogP contribution in [0.15, 0.2) is 24.3 Å². The molecule has 17 heavy (non-hydrogen) atoms. The molecule has 1 unspecified atom stereocenters. The lowest BCUT2D eigenvalue weighted by Crippen LogP contribution is -2.39. The van der Waals surface area contributed by atoms with Crippen LogP contribution in [0.1, 0.15) is 36.7 Å². The Kier molecular flexibility index (Phi) is 5.49. The van der Waals surface area contributed by atoms with Crippen molar-refractivity contribution in [3.05, 3.63) is 35.4 Å². The molecule has 1 rings (SSSR count). The number of carbonyl (C=O) groups excluding carboxylic acids is 1. The maximum atomic E-state index is 11.9. The molecule has 0 bridgehead atoms. The minimum absolute atomic E-state index is 0.0232. The first-order valence-corrected chi connectivity index (χ1v) is 6.57. The highest BCUT2D eigenvalue weighted by Gasteiger charge is 2.15. The number of amides is 1. The van der Waals surface area contributed by atoms with Gasteiger partial charge in [-0.2, -0.15) is 0 Å². The number of aryl methyl sites for hydroxylation is 1. The summed E-state index contributed by atoms with van der Waals surface area (Å²) >= 11 is 5.83. The smallest absolute Gasteiger partial charge is 0.251 e. The molecule has 0 radical (unpaired) electrons. The van der Waals surface area contributed by atoms with Crippen molar-refractivity contribution in [2.45, 2.75) is 33.2 Å². The number of rotatable bonds is 5. The number of alkyl halides is 1. The van der Waals surface area contributed by atoms with Gasteiger partial charge in [0.1, 0.15) is 0 Å². The molecular formula is C14H20ClNO. The molecule has 1 aromatic carbocycles. The first kappa shape index (κ1) is 14.0. The van der Waals surface area contributed by atoms with Crippen molar-refractivity contribution < 1.29 is 4.79 Å². The Hall–Kier alpha value is -1.02. The molecule has 1 N–H and O–H groups in total. The molecule has 0 aromatic heterocycles. The number of halogens is 1. The van der Waals surface area contributed by atoms with Crippen LogP contribution in [0.5, 0.6) is 0 Å². The molecule has 1 amide bonds. The van der Waals surface area contributed by atoms with E-state index in [4.69, 9.17) is 11.6 Å². The molecule has 1 aromatic rings. The van der Waals surface area contributed by atoms with Crippen LogP contribution in [-0.2, 0) is 6.42 Å². The van der Waals surface area contributed by atoms with E-state index in [0.29, 0.717) is 17.4 Å². The van der Waals surface area contributed by atoms with E-state index in [1.54, 1.807) is 0 Å². The summed E-state index contributed by atoms with van der Waals surface area (Å²) in [5, 5.41) is 2.95. The highest BCUT2D eigenvalue weighted by Crippen LogP contribution is 2.08. The Morgan fingerprint density at radius 1 is 1.29 bits per heavy atom. The summed E-state index contributed by atoms with van der Waals surface area (Å²) in [5.41, 5.74) is 1.93. The van der Waals surface area contributed by atoms with E-state index in [1.165, 1.54) is 5.56 Å². The number of benzene rings is 1. The molecule has 0 aliphatic carbocycles. The summed E-state index contributed by atoms with van der Waals surface area (Å²) in [5.74, 6) is 0.731. The summed E-state index contributed by atoms with van der Waals surface area (Å²) in [6.07, 6.45) is 0.984. The van der Waals surface area contributed by atoms with Gasteiger partial charge in [-0.05, 0) is 30.0 Å². The molecule has 0 saturated carbocycles. The molecule has 3 heteroatoms. The Labute approximate surface area is 108 Å². The fraction of sp³-hybridized carbons (Fsp3) is 0.500. The lowest BCUT2D eigenvalue weighted by atomic mass is 10.0. The van der Waals surface area contributed by atoms with Gasteiger partial charge in [-0.15, -0.1) is 11.6 Å². The quantitative estimate of drug-likeness (QED) is 0.802. The monoisotopic (exact) mass is 253 g/mol. The van der Waals surface area contributed by atoms with Crippen molar-refractivity contribution in [2.24, 2.45) is 5.92 Å². The van der Waals surface area contributed by atoms with Crippen LogP contribution in [0, 0.1) is 5.92 Å². The Morgan fingerprint density at radius 3 is 2.29 bits per heavy atom. The topological polar surface area (TPSA) is 29.1 Å². The second-order valence-corrected chi connectivity index (χ2v) is 4.84. The SMILES string of the molecule is CCc1ccc(C(=O)NC(CCl)C(C)C)cc1. The van der Waals surface area contributed by atoms with E-state index in [9.17, 15) is 4.79 Å². The third-order valence-corrected chi connectivity index (χ3v) is 3.24. The lowest BCUT2D eigenvalue weighted by Gasteiger charge is -2.19. The van der Waals surface area contributed by atoms with E-state index in [0.717, 1.165) is 6.42 Å². The van der Waals surface area contributed by atoms with E-state index < -0.39 is 0 Å². The van der Waals surface area contributed by atoms with Crippen molar-refractivity contribution in [1.29, 1.82) is 0 Å². The second-order valence-electron chi connectivity index (χ2n) is 4.53. The molecule has 0 heterocycles. The molecule has 1 atom stereocenters. The van der Waals surface area contributed by atoms with Crippen molar-refractivity contribution in [2.75, 3.05) is 5.88 Å². The third kappa shape index (κ3) is 4.04. The fourth-order valence-corrected chi connectivity index (χ4v) is 1.96. The van der Waals surface area contributed by atoms with Crippen LogP contribution in [0.3, 0.4) is 0 Å². The van der Waals surface area contributed by atoms with Gasteiger partial charge in [0.05, 0.1) is 0 Å². The van der Waals surface area contributed by atoms with Gasteiger partial charge in [0.2, 0.25) is 0 Å². The summed E-state index contributed by atoms with van der Waals surface area (Å²) < 4.78 is 0. The van der Waals surface area contributed by atoms with Crippen molar-refractivity contribution in [3.63, 3.8) is 0 Å². The van der Waals surface area contributed by atoms with E-state index >= 15 is 0 Å². The number of carbonyl (C=O) groups is 1. The normalized spacial score (nSPS) is 12.5. The predicted octanol–water partition coefficient (Wildman–Crippen LogP) is 3.24. The summed E-state index contributed by atoms with van der Waals surface area (Å²) in [7, 11) is 0. The first-order chi connectivity index (χ1) is 8.08. The Balaban J connectivity index is 2.68. The van der Waals surface area contributed by atoms with Crippen LogP contribution >= 0.6 is 11.6 Å². The van der Waals surface area contributed by atoms with Crippen molar-refractivity contribution in [1.82, 2.24) is 5.32 Å². The second kappa shape index (κ2) is 6.65. The zero-order valence-electron chi connectivity index (χ0n) is 10.7. The van der Waals surface area contributed by atoms with Gasteiger partial charge in [0.25, 0.3) is 5.91 Å². The van der Waals surface area contributed by atoms with E-state index in [1.807, 2.05) is 38.1 Å². The molecule has 94 valence electrons.